The Kier molecular flexibility index (Phi) is 4.71. The molecule has 0 aromatic heterocycles. The van der Waals surface area contributed by atoms with Gasteiger partial charge in [-0.3, -0.25) is 0 Å². The molecule has 2 nitrogen and oxygen atoms in total. The second-order valence-electron chi connectivity index (χ2n) is 4.37. The lowest BCUT2D eigenvalue weighted by Gasteiger charge is -2.19. The van der Waals surface area contributed by atoms with Crippen LogP contribution in [-0.2, 0) is 0 Å². The Labute approximate surface area is 127 Å². The van der Waals surface area contributed by atoms with Gasteiger partial charge < -0.3 is 9.84 Å². The largest absolute Gasteiger partial charge is 0.497 e. The van der Waals surface area contributed by atoms with Crippen LogP contribution in [0.4, 0.5) is 0 Å². The van der Waals surface area contributed by atoms with Gasteiger partial charge in [0.15, 0.2) is 0 Å². The number of ether oxygens (including phenoxy) is 1. The predicted molar refractivity (Wildman–Crippen MR) is 86.4 cm³/mol. The van der Waals surface area contributed by atoms with Gasteiger partial charge in [0.1, 0.15) is 9.86 Å². The van der Waals surface area contributed by atoms with Crippen LogP contribution in [-0.4, -0.2) is 16.3 Å². The molecule has 98 valence electrons. The lowest BCUT2D eigenvalue weighted by molar-refractivity contribution is 0.260. The molecule has 0 saturated heterocycles. The van der Waals surface area contributed by atoms with Gasteiger partial charge >= 0.3 is 0 Å². The Balaban J connectivity index is 2.29. The average molecular weight is 367 g/mol. The third-order valence-corrected chi connectivity index (χ3v) is 3.81. The number of methoxy groups -OCH3 is 1. The maximum absolute atomic E-state index is 10.1. The minimum absolute atomic E-state index is 0.0490. The van der Waals surface area contributed by atoms with Crippen LogP contribution in [0.1, 0.15) is 11.5 Å². The van der Waals surface area contributed by atoms with Crippen molar-refractivity contribution in [3.63, 3.8) is 0 Å². The highest BCUT2D eigenvalue weighted by Gasteiger charge is 2.26. The molecule has 2 atom stereocenters. The van der Waals surface area contributed by atoms with E-state index in [1.165, 1.54) is 0 Å². The highest BCUT2D eigenvalue weighted by Crippen LogP contribution is 2.34. The van der Waals surface area contributed by atoms with Crippen LogP contribution >= 0.6 is 22.6 Å². The lowest BCUT2D eigenvalue weighted by atomic mass is 9.88. The van der Waals surface area contributed by atoms with E-state index in [-0.39, 0.29) is 5.92 Å². The number of hydrogen-bond acceptors (Lipinski definition) is 2. The van der Waals surface area contributed by atoms with Crippen molar-refractivity contribution in [1.82, 2.24) is 0 Å². The average Bonchev–Trinajstić information content (AvgIpc) is 2.42. The van der Waals surface area contributed by atoms with Crippen LogP contribution in [0.2, 0.25) is 0 Å². The topological polar surface area (TPSA) is 29.5 Å². The highest BCUT2D eigenvalue weighted by atomic mass is 127. The maximum Gasteiger partial charge on any atom is 0.124 e. The molecule has 0 aliphatic heterocycles. The molecule has 0 bridgehead atoms. The van der Waals surface area contributed by atoms with E-state index in [0.29, 0.717) is 0 Å². The van der Waals surface area contributed by atoms with E-state index in [1.54, 1.807) is 7.11 Å². The minimum atomic E-state index is -0.485. The second kappa shape index (κ2) is 6.30. The SMILES string of the molecule is C=C1C=CC(C(c2ccc(OC)cc2)C(O)I)=C[CH+]1. The van der Waals surface area contributed by atoms with E-state index in [1.807, 2.05) is 71.5 Å². The molecule has 0 radical (unpaired) electrons. The van der Waals surface area contributed by atoms with Crippen LogP contribution in [0.5, 0.6) is 5.75 Å². The number of aliphatic hydroxyl groups excluding tert-OH is 1. The number of aliphatic hydroxyl groups is 1. The van der Waals surface area contributed by atoms with Crippen molar-refractivity contribution in [2.45, 2.75) is 10.0 Å². The van der Waals surface area contributed by atoms with Gasteiger partial charge in [0, 0.05) is 30.2 Å². The smallest absolute Gasteiger partial charge is 0.124 e. The second-order valence-corrected chi connectivity index (χ2v) is 5.64. The summed E-state index contributed by atoms with van der Waals surface area (Å²) >= 11 is 2.05. The van der Waals surface area contributed by atoms with Crippen LogP contribution in [0, 0.1) is 6.42 Å². The maximum atomic E-state index is 10.1. The van der Waals surface area contributed by atoms with Crippen LogP contribution in [0.15, 0.2) is 60.2 Å². The summed E-state index contributed by atoms with van der Waals surface area (Å²) in [5.41, 5.74) is 3.12. The van der Waals surface area contributed by atoms with Gasteiger partial charge in [-0.25, -0.2) is 0 Å². The molecule has 1 N–H and O–H groups in total. The van der Waals surface area contributed by atoms with E-state index in [0.717, 1.165) is 22.5 Å². The zero-order valence-corrected chi connectivity index (χ0v) is 12.9. The summed E-state index contributed by atoms with van der Waals surface area (Å²) in [7, 11) is 1.65. The number of allylic oxidation sites excluding steroid dienone is 4. The normalized spacial score (nSPS) is 17.4. The van der Waals surface area contributed by atoms with Gasteiger partial charge in [-0.15, -0.1) is 0 Å². The molecule has 0 saturated carbocycles. The summed E-state index contributed by atoms with van der Waals surface area (Å²) in [4.78, 5) is 0. The van der Waals surface area contributed by atoms with Crippen molar-refractivity contribution in [3.05, 3.63) is 72.2 Å². The quantitative estimate of drug-likeness (QED) is 0.499. The monoisotopic (exact) mass is 367 g/mol. The molecule has 19 heavy (non-hydrogen) atoms. The molecule has 3 heteroatoms. The standard InChI is InChI=1S/C16H16IO2/c1-11-3-5-12(6-4-11)15(16(17)18)13-7-9-14(19-2)10-8-13/h3-10,15-16,18H,1H2,2H3/q+1. The Bertz CT molecular complexity index is 512. The Morgan fingerprint density at radius 3 is 2.42 bits per heavy atom. The fourth-order valence-corrected chi connectivity index (χ4v) is 2.88. The zero-order chi connectivity index (χ0) is 13.8. The molecule has 2 rings (SSSR count). The van der Waals surface area contributed by atoms with Gasteiger partial charge in [-0.2, -0.15) is 0 Å². The number of alkyl halides is 1. The molecule has 2 unspecified atom stereocenters. The fourth-order valence-electron chi connectivity index (χ4n) is 2.05. The zero-order valence-electron chi connectivity index (χ0n) is 10.7. The van der Waals surface area contributed by atoms with E-state index in [2.05, 4.69) is 6.58 Å². The molecule has 1 aliphatic rings. The van der Waals surface area contributed by atoms with Gasteiger partial charge in [0.25, 0.3) is 0 Å². The summed E-state index contributed by atoms with van der Waals surface area (Å²) in [5, 5.41) is 10.1. The molecular formula is C16H16IO2+. The molecular weight excluding hydrogens is 351 g/mol. The summed E-state index contributed by atoms with van der Waals surface area (Å²) < 4.78 is 4.67. The van der Waals surface area contributed by atoms with E-state index < -0.39 is 4.11 Å². The van der Waals surface area contributed by atoms with Crippen molar-refractivity contribution in [1.29, 1.82) is 0 Å². The third kappa shape index (κ3) is 3.42. The van der Waals surface area contributed by atoms with E-state index >= 15 is 0 Å². The first-order valence-corrected chi connectivity index (χ1v) is 7.24. The Hall–Kier alpha value is -1.20. The van der Waals surface area contributed by atoms with Gasteiger partial charge in [0.2, 0.25) is 0 Å². The molecule has 0 fully saturated rings. The van der Waals surface area contributed by atoms with Crippen LogP contribution < -0.4 is 4.74 Å². The van der Waals surface area contributed by atoms with Crippen molar-refractivity contribution in [2.75, 3.05) is 7.11 Å². The number of benzene rings is 1. The summed E-state index contributed by atoms with van der Waals surface area (Å²) in [5.74, 6) is 0.769. The molecule has 0 spiro atoms. The lowest BCUT2D eigenvalue weighted by Crippen LogP contribution is -2.14. The first-order chi connectivity index (χ1) is 9.11. The molecule has 1 aliphatic carbocycles. The van der Waals surface area contributed by atoms with Crippen molar-refractivity contribution < 1.29 is 9.84 Å². The van der Waals surface area contributed by atoms with Gasteiger partial charge in [-0.05, 0) is 46.9 Å². The summed E-state index contributed by atoms with van der Waals surface area (Å²) in [6, 6.07) is 7.81. The molecule has 1 aromatic carbocycles. The first-order valence-electron chi connectivity index (χ1n) is 6.00. The highest BCUT2D eigenvalue weighted by molar-refractivity contribution is 14.1. The van der Waals surface area contributed by atoms with Gasteiger partial charge in [0.05, 0.1) is 18.6 Å². The fraction of sp³-hybridized carbons (Fsp3) is 0.188. The van der Waals surface area contributed by atoms with E-state index in [9.17, 15) is 5.11 Å². The number of halogens is 1. The van der Waals surface area contributed by atoms with Crippen molar-refractivity contribution in [2.24, 2.45) is 0 Å². The van der Waals surface area contributed by atoms with Crippen LogP contribution in [0.3, 0.4) is 0 Å². The van der Waals surface area contributed by atoms with Gasteiger partial charge in [-0.1, -0.05) is 12.1 Å². The molecule has 0 amide bonds. The molecule has 1 aromatic rings. The molecule has 0 heterocycles. The summed E-state index contributed by atoms with van der Waals surface area (Å²) in [6.07, 6.45) is 7.95. The van der Waals surface area contributed by atoms with Crippen molar-refractivity contribution in [3.8, 4) is 5.75 Å². The van der Waals surface area contributed by atoms with Crippen molar-refractivity contribution >= 4 is 22.6 Å². The summed E-state index contributed by atoms with van der Waals surface area (Å²) in [6.45, 7) is 3.88. The number of hydrogen-bond donors (Lipinski definition) is 1. The van der Waals surface area contributed by atoms with Crippen LogP contribution in [0.25, 0.3) is 0 Å². The Morgan fingerprint density at radius 2 is 1.95 bits per heavy atom. The predicted octanol–water partition coefficient (Wildman–Crippen LogP) is 3.79. The number of rotatable bonds is 4. The third-order valence-electron chi connectivity index (χ3n) is 3.09. The first kappa shape index (κ1) is 14.2. The minimum Gasteiger partial charge on any atom is -0.497 e. The van der Waals surface area contributed by atoms with E-state index in [4.69, 9.17) is 4.74 Å². The Morgan fingerprint density at radius 1 is 1.26 bits per heavy atom.